The number of hydrogen-bond donors (Lipinski definition) is 2. The van der Waals surface area contributed by atoms with Gasteiger partial charge < -0.3 is 0 Å². The van der Waals surface area contributed by atoms with Gasteiger partial charge in [0, 0.05) is 12.4 Å². The lowest BCUT2D eigenvalue weighted by molar-refractivity contribution is 0.564. The van der Waals surface area contributed by atoms with E-state index in [1.807, 2.05) is 12.4 Å². The van der Waals surface area contributed by atoms with Crippen LogP contribution in [0.3, 0.4) is 0 Å². The smallest absolute Gasteiger partial charge is 0.107 e. The average molecular weight is 288 g/mol. The molecule has 3 N–H and O–H groups in total. The summed E-state index contributed by atoms with van der Waals surface area (Å²) in [5.74, 6) is 5.55. The molecule has 2 aromatic heterocycles. The Morgan fingerprint density at radius 2 is 2.47 bits per heavy atom. The van der Waals surface area contributed by atoms with Gasteiger partial charge in [-0.05, 0) is 15.9 Å². The minimum absolute atomic E-state index is 0.141. The predicted molar refractivity (Wildman–Crippen MR) is 62.2 cm³/mol. The summed E-state index contributed by atoms with van der Waals surface area (Å²) in [6, 6.07) is -0.141. The Balaban J connectivity index is 2.44. The number of nitrogens with zero attached hydrogens (tertiary/aromatic N) is 3. The lowest BCUT2D eigenvalue weighted by Crippen LogP contribution is -2.30. The van der Waals surface area contributed by atoms with Gasteiger partial charge in [0.15, 0.2) is 0 Å². The molecule has 2 aromatic rings. The van der Waals surface area contributed by atoms with Gasteiger partial charge in [-0.25, -0.2) is 10.4 Å². The molecule has 0 fully saturated rings. The van der Waals surface area contributed by atoms with Gasteiger partial charge in [-0.3, -0.25) is 10.5 Å². The van der Waals surface area contributed by atoms with Crippen LogP contribution in [0.4, 0.5) is 0 Å². The maximum absolute atomic E-state index is 5.55. The zero-order valence-electron chi connectivity index (χ0n) is 8.01. The predicted octanol–water partition coefficient (Wildman–Crippen LogP) is 1.19. The number of nitrogens with two attached hydrogens (primary N) is 1. The number of aromatic nitrogens is 3. The molecule has 5 nitrogen and oxygen atoms in total. The first-order valence-corrected chi connectivity index (χ1v) is 5.99. The monoisotopic (exact) mass is 287 g/mol. The summed E-state index contributed by atoms with van der Waals surface area (Å²) in [6.07, 6.45) is 1.74. The van der Waals surface area contributed by atoms with Crippen LogP contribution in [-0.2, 0) is 7.05 Å². The molecule has 0 amide bonds. The Morgan fingerprint density at radius 1 is 1.67 bits per heavy atom. The third-order valence-corrected chi connectivity index (χ3v) is 3.34. The molecule has 1 atom stereocenters. The Hall–Kier alpha value is -0.760. The molecular formula is C8H10BrN5S. The van der Waals surface area contributed by atoms with Crippen LogP contribution in [0, 0.1) is 0 Å². The van der Waals surface area contributed by atoms with Gasteiger partial charge in [0.05, 0.1) is 27.6 Å². The van der Waals surface area contributed by atoms with Crippen molar-refractivity contribution in [1.29, 1.82) is 0 Å². The van der Waals surface area contributed by atoms with Crippen molar-refractivity contribution < 1.29 is 0 Å². The first kappa shape index (κ1) is 10.7. The maximum Gasteiger partial charge on any atom is 0.107 e. The highest BCUT2D eigenvalue weighted by Crippen LogP contribution is 2.27. The summed E-state index contributed by atoms with van der Waals surface area (Å²) in [5.41, 5.74) is 6.38. The summed E-state index contributed by atoms with van der Waals surface area (Å²) >= 11 is 4.98. The van der Waals surface area contributed by atoms with E-state index in [4.69, 9.17) is 5.84 Å². The van der Waals surface area contributed by atoms with Crippen LogP contribution >= 0.6 is 27.3 Å². The molecule has 0 bridgehead atoms. The lowest BCUT2D eigenvalue weighted by atomic mass is 10.1. The van der Waals surface area contributed by atoms with Crippen molar-refractivity contribution in [2.45, 2.75) is 6.04 Å². The lowest BCUT2D eigenvalue weighted by Gasteiger charge is -2.14. The zero-order valence-corrected chi connectivity index (χ0v) is 10.4. The number of hydrazine groups is 1. The summed E-state index contributed by atoms with van der Waals surface area (Å²) in [4.78, 5) is 4.24. The molecule has 1 unspecified atom stereocenters. The molecule has 15 heavy (non-hydrogen) atoms. The van der Waals surface area contributed by atoms with Crippen LogP contribution in [0.5, 0.6) is 0 Å². The van der Waals surface area contributed by atoms with E-state index in [1.54, 1.807) is 27.7 Å². The molecule has 0 spiro atoms. The first-order chi connectivity index (χ1) is 7.24. The summed E-state index contributed by atoms with van der Waals surface area (Å²) in [5, 5.41) is 6.11. The molecule has 2 heterocycles. The van der Waals surface area contributed by atoms with Crippen LogP contribution in [0.1, 0.15) is 17.4 Å². The number of nitrogens with one attached hydrogen (secondary N) is 1. The quantitative estimate of drug-likeness (QED) is 0.657. The van der Waals surface area contributed by atoms with Crippen molar-refractivity contribution in [1.82, 2.24) is 20.2 Å². The second-order valence-electron chi connectivity index (χ2n) is 3.01. The summed E-state index contributed by atoms with van der Waals surface area (Å²) < 4.78 is 2.69. The van der Waals surface area contributed by atoms with Gasteiger partial charge >= 0.3 is 0 Å². The SMILES string of the molecule is Cn1ncc(Br)c1C(NN)c1cscn1. The van der Waals surface area contributed by atoms with Crippen LogP contribution in [-0.4, -0.2) is 14.8 Å². The van der Waals surface area contributed by atoms with Gasteiger partial charge in [-0.1, -0.05) is 0 Å². The number of halogens is 1. The Morgan fingerprint density at radius 3 is 2.93 bits per heavy atom. The number of thiazole rings is 1. The van der Waals surface area contributed by atoms with Crippen molar-refractivity contribution in [2.75, 3.05) is 0 Å². The second-order valence-corrected chi connectivity index (χ2v) is 4.59. The molecule has 0 aliphatic rings. The number of rotatable bonds is 3. The van der Waals surface area contributed by atoms with Crippen molar-refractivity contribution in [3.05, 3.63) is 32.9 Å². The van der Waals surface area contributed by atoms with Crippen molar-refractivity contribution >= 4 is 27.3 Å². The van der Waals surface area contributed by atoms with Gasteiger partial charge in [0.1, 0.15) is 6.04 Å². The highest BCUT2D eigenvalue weighted by molar-refractivity contribution is 9.10. The van der Waals surface area contributed by atoms with E-state index >= 15 is 0 Å². The van der Waals surface area contributed by atoms with Crippen molar-refractivity contribution in [3.8, 4) is 0 Å². The molecule has 80 valence electrons. The maximum atomic E-state index is 5.55. The standard InChI is InChI=1S/C8H10BrN5S/c1-14-8(5(9)2-12-14)7(13-10)6-3-15-4-11-6/h2-4,7,13H,10H2,1H3. The molecule has 0 aliphatic carbocycles. The highest BCUT2D eigenvalue weighted by Gasteiger charge is 2.20. The van der Waals surface area contributed by atoms with E-state index in [9.17, 15) is 0 Å². The van der Waals surface area contributed by atoms with Gasteiger partial charge in [0.2, 0.25) is 0 Å². The van der Waals surface area contributed by atoms with E-state index in [-0.39, 0.29) is 6.04 Å². The van der Waals surface area contributed by atoms with Crippen molar-refractivity contribution in [2.24, 2.45) is 12.9 Å². The third kappa shape index (κ3) is 1.96. The fourth-order valence-electron chi connectivity index (χ4n) is 1.41. The van der Waals surface area contributed by atoms with E-state index in [1.165, 1.54) is 0 Å². The van der Waals surface area contributed by atoms with Crippen LogP contribution in [0.2, 0.25) is 0 Å². The Bertz CT molecular complexity index is 418. The largest absolute Gasteiger partial charge is 0.270 e. The minimum Gasteiger partial charge on any atom is -0.270 e. The molecular weight excluding hydrogens is 278 g/mol. The molecule has 7 heteroatoms. The van der Waals surface area contributed by atoms with E-state index in [0.717, 1.165) is 15.9 Å². The van der Waals surface area contributed by atoms with Gasteiger partial charge in [0.25, 0.3) is 0 Å². The van der Waals surface area contributed by atoms with E-state index in [0.29, 0.717) is 0 Å². The van der Waals surface area contributed by atoms with Crippen LogP contribution < -0.4 is 11.3 Å². The normalized spacial score (nSPS) is 13.0. The summed E-state index contributed by atoms with van der Waals surface area (Å²) in [6.45, 7) is 0. The molecule has 0 saturated carbocycles. The van der Waals surface area contributed by atoms with E-state index < -0.39 is 0 Å². The molecule has 0 saturated heterocycles. The molecule has 0 aromatic carbocycles. The molecule has 0 radical (unpaired) electrons. The molecule has 0 aliphatic heterocycles. The fourth-order valence-corrected chi connectivity index (χ4v) is 2.57. The van der Waals surface area contributed by atoms with Gasteiger partial charge in [-0.2, -0.15) is 5.10 Å². The van der Waals surface area contributed by atoms with Crippen LogP contribution in [0.25, 0.3) is 0 Å². The number of aryl methyl sites for hydroxylation is 1. The first-order valence-electron chi connectivity index (χ1n) is 4.25. The molecule has 2 rings (SSSR count). The highest BCUT2D eigenvalue weighted by atomic mass is 79.9. The second kappa shape index (κ2) is 4.40. The minimum atomic E-state index is -0.141. The summed E-state index contributed by atoms with van der Waals surface area (Å²) in [7, 11) is 1.87. The zero-order chi connectivity index (χ0) is 10.8. The fraction of sp³-hybridized carbons (Fsp3) is 0.250. The van der Waals surface area contributed by atoms with Crippen molar-refractivity contribution in [3.63, 3.8) is 0 Å². The average Bonchev–Trinajstić information content (AvgIpc) is 2.83. The number of hydrogen-bond acceptors (Lipinski definition) is 5. The van der Waals surface area contributed by atoms with Crippen LogP contribution in [0.15, 0.2) is 21.6 Å². The Kier molecular flexibility index (Phi) is 3.15. The topological polar surface area (TPSA) is 68.8 Å². The third-order valence-electron chi connectivity index (χ3n) is 2.12. The van der Waals surface area contributed by atoms with E-state index in [2.05, 4.69) is 31.4 Å². The van der Waals surface area contributed by atoms with Gasteiger partial charge in [-0.15, -0.1) is 11.3 Å². The Labute approximate surface area is 99.4 Å².